The number of nitrogens with zero attached hydrogens (tertiary/aromatic N) is 1. The van der Waals surface area contributed by atoms with Gasteiger partial charge in [0.1, 0.15) is 0 Å². The first kappa shape index (κ1) is 12.4. The number of carbonyl (C=O) groups is 1. The van der Waals surface area contributed by atoms with Crippen LogP contribution < -0.4 is 5.32 Å². The molecule has 1 N–H and O–H groups in total. The van der Waals surface area contributed by atoms with Crippen molar-refractivity contribution in [3.8, 4) is 0 Å². The molecule has 3 rings (SSSR count). The predicted octanol–water partition coefficient (Wildman–Crippen LogP) is 3.50. The Morgan fingerprint density at radius 3 is 2.68 bits per heavy atom. The third-order valence-electron chi connectivity index (χ3n) is 3.61. The molecule has 0 radical (unpaired) electrons. The van der Waals surface area contributed by atoms with Crippen LogP contribution in [0, 0.1) is 19.8 Å². The maximum atomic E-state index is 12.1. The molecule has 4 heteroatoms. The summed E-state index contributed by atoms with van der Waals surface area (Å²) >= 11 is 1.54. The van der Waals surface area contributed by atoms with Gasteiger partial charge in [0, 0.05) is 10.8 Å². The van der Waals surface area contributed by atoms with E-state index >= 15 is 0 Å². The van der Waals surface area contributed by atoms with Crippen molar-refractivity contribution in [3.63, 3.8) is 0 Å². The predicted molar refractivity (Wildman–Crippen MR) is 77.5 cm³/mol. The van der Waals surface area contributed by atoms with E-state index in [-0.39, 0.29) is 11.8 Å². The fourth-order valence-electron chi connectivity index (χ4n) is 2.28. The third-order valence-corrected chi connectivity index (χ3v) is 4.60. The van der Waals surface area contributed by atoms with Gasteiger partial charge >= 0.3 is 0 Å². The van der Waals surface area contributed by atoms with Crippen LogP contribution in [0.25, 0.3) is 0 Å². The topological polar surface area (TPSA) is 42.0 Å². The molecule has 0 bridgehead atoms. The second-order valence-electron chi connectivity index (χ2n) is 5.01. The number of rotatable bonds is 3. The summed E-state index contributed by atoms with van der Waals surface area (Å²) < 4.78 is 0. The molecule has 3 nitrogen and oxygen atoms in total. The Labute approximate surface area is 116 Å². The van der Waals surface area contributed by atoms with Crippen LogP contribution in [0.1, 0.15) is 28.5 Å². The summed E-state index contributed by atoms with van der Waals surface area (Å²) in [5.41, 5.74) is 2.25. The number of amides is 1. The maximum Gasteiger partial charge on any atom is 0.229 e. The van der Waals surface area contributed by atoms with Crippen LogP contribution in [-0.4, -0.2) is 10.9 Å². The van der Waals surface area contributed by atoms with Gasteiger partial charge < -0.3 is 5.32 Å². The molecule has 0 aliphatic heterocycles. The molecule has 19 heavy (non-hydrogen) atoms. The van der Waals surface area contributed by atoms with Crippen LogP contribution in [0.2, 0.25) is 0 Å². The van der Waals surface area contributed by atoms with Crippen molar-refractivity contribution >= 4 is 22.4 Å². The number of aromatic nitrogens is 1. The van der Waals surface area contributed by atoms with Gasteiger partial charge in [0.25, 0.3) is 0 Å². The van der Waals surface area contributed by atoms with E-state index in [1.165, 1.54) is 5.56 Å². The molecule has 98 valence electrons. The molecule has 1 saturated carbocycles. The Morgan fingerprint density at radius 1 is 1.32 bits per heavy atom. The van der Waals surface area contributed by atoms with Crippen molar-refractivity contribution in [2.75, 3.05) is 5.32 Å². The summed E-state index contributed by atoms with van der Waals surface area (Å²) in [6.07, 6.45) is 0.944. The highest BCUT2D eigenvalue weighted by Crippen LogP contribution is 2.47. The van der Waals surface area contributed by atoms with E-state index in [1.54, 1.807) is 11.3 Å². The van der Waals surface area contributed by atoms with Gasteiger partial charge in [0.2, 0.25) is 5.91 Å². The molecule has 2 atom stereocenters. The summed E-state index contributed by atoms with van der Waals surface area (Å²) in [6.45, 7) is 3.98. The van der Waals surface area contributed by atoms with Gasteiger partial charge in [-0.05, 0) is 31.7 Å². The summed E-state index contributed by atoms with van der Waals surface area (Å²) in [6, 6.07) is 10.2. The van der Waals surface area contributed by atoms with E-state index in [4.69, 9.17) is 0 Å². The van der Waals surface area contributed by atoms with Gasteiger partial charge in [0.05, 0.1) is 5.69 Å². The lowest BCUT2D eigenvalue weighted by Crippen LogP contribution is -2.14. The number of carbonyl (C=O) groups excluding carboxylic acids is 1. The minimum atomic E-state index is 0.0996. The molecular weight excluding hydrogens is 256 g/mol. The van der Waals surface area contributed by atoms with Gasteiger partial charge in [-0.25, -0.2) is 4.98 Å². The number of hydrogen-bond acceptors (Lipinski definition) is 3. The SMILES string of the molecule is Cc1nc(NC(=O)[C@H]2C[C@@H]2c2ccccc2)sc1C. The van der Waals surface area contributed by atoms with Crippen molar-refractivity contribution in [1.29, 1.82) is 0 Å². The number of aryl methyl sites for hydroxylation is 2. The molecule has 1 heterocycles. The van der Waals surface area contributed by atoms with E-state index in [0.29, 0.717) is 5.92 Å². The first-order chi connectivity index (χ1) is 9.15. The third kappa shape index (κ3) is 2.54. The second kappa shape index (κ2) is 4.78. The van der Waals surface area contributed by atoms with Gasteiger partial charge in [-0.15, -0.1) is 11.3 Å². The van der Waals surface area contributed by atoms with Crippen LogP contribution in [0.4, 0.5) is 5.13 Å². The molecule has 1 aromatic heterocycles. The van der Waals surface area contributed by atoms with Crippen molar-refractivity contribution in [1.82, 2.24) is 4.98 Å². The minimum absolute atomic E-state index is 0.0996. The molecule has 0 saturated heterocycles. The molecular formula is C15H16N2OS. The standard InChI is InChI=1S/C15H16N2OS/c1-9-10(2)19-15(16-9)17-14(18)13-8-12(13)11-6-4-3-5-7-11/h3-7,12-13H,8H2,1-2H3,(H,16,17,18)/t12-,13+/m1/s1. The van der Waals surface area contributed by atoms with Gasteiger partial charge in [-0.1, -0.05) is 30.3 Å². The highest BCUT2D eigenvalue weighted by atomic mass is 32.1. The van der Waals surface area contributed by atoms with Crippen molar-refractivity contribution < 1.29 is 4.79 Å². The lowest BCUT2D eigenvalue weighted by molar-refractivity contribution is -0.117. The van der Waals surface area contributed by atoms with Gasteiger partial charge in [-0.2, -0.15) is 0 Å². The summed E-state index contributed by atoms with van der Waals surface area (Å²) in [7, 11) is 0. The largest absolute Gasteiger partial charge is 0.302 e. The first-order valence-electron chi connectivity index (χ1n) is 6.45. The Kier molecular flexibility index (Phi) is 3.11. The normalized spacial score (nSPS) is 21.2. The van der Waals surface area contributed by atoms with Gasteiger partial charge in [-0.3, -0.25) is 4.79 Å². The van der Waals surface area contributed by atoms with Crippen molar-refractivity contribution in [3.05, 3.63) is 46.5 Å². The molecule has 1 amide bonds. The molecule has 0 unspecified atom stereocenters. The number of hydrogen-bond donors (Lipinski definition) is 1. The van der Waals surface area contributed by atoms with Crippen LogP contribution >= 0.6 is 11.3 Å². The zero-order valence-corrected chi connectivity index (χ0v) is 11.8. The summed E-state index contributed by atoms with van der Waals surface area (Å²) in [5.74, 6) is 0.581. The lowest BCUT2D eigenvalue weighted by Gasteiger charge is -2.01. The average Bonchev–Trinajstić information content (AvgIpc) is 3.14. The highest BCUT2D eigenvalue weighted by Gasteiger charge is 2.44. The molecule has 1 aliphatic carbocycles. The van der Waals surface area contributed by atoms with E-state index in [2.05, 4.69) is 22.4 Å². The molecule has 1 aromatic carbocycles. The molecule has 0 spiro atoms. The lowest BCUT2D eigenvalue weighted by atomic mass is 10.1. The number of thiazole rings is 1. The van der Waals surface area contributed by atoms with Crippen LogP contribution in [0.15, 0.2) is 30.3 Å². The van der Waals surface area contributed by atoms with Crippen LogP contribution in [0.3, 0.4) is 0 Å². The number of benzene rings is 1. The number of anilines is 1. The van der Waals surface area contributed by atoms with E-state index < -0.39 is 0 Å². The average molecular weight is 272 g/mol. The van der Waals surface area contributed by atoms with Crippen molar-refractivity contribution in [2.24, 2.45) is 5.92 Å². The zero-order chi connectivity index (χ0) is 13.4. The Balaban J connectivity index is 1.64. The fraction of sp³-hybridized carbons (Fsp3) is 0.333. The van der Waals surface area contributed by atoms with Crippen LogP contribution in [0.5, 0.6) is 0 Å². The smallest absolute Gasteiger partial charge is 0.229 e. The zero-order valence-electron chi connectivity index (χ0n) is 11.0. The van der Waals surface area contributed by atoms with E-state index in [0.717, 1.165) is 22.1 Å². The Hall–Kier alpha value is -1.68. The summed E-state index contributed by atoms with van der Waals surface area (Å²) in [5, 5.41) is 3.65. The molecule has 2 aromatic rings. The highest BCUT2D eigenvalue weighted by molar-refractivity contribution is 7.15. The molecule has 1 aliphatic rings. The van der Waals surface area contributed by atoms with E-state index in [1.807, 2.05) is 32.0 Å². The fourth-order valence-corrected chi connectivity index (χ4v) is 3.10. The van der Waals surface area contributed by atoms with Crippen molar-refractivity contribution in [2.45, 2.75) is 26.2 Å². The maximum absolute atomic E-state index is 12.1. The van der Waals surface area contributed by atoms with E-state index in [9.17, 15) is 4.79 Å². The van der Waals surface area contributed by atoms with Gasteiger partial charge in [0.15, 0.2) is 5.13 Å². The molecule has 1 fully saturated rings. The summed E-state index contributed by atoms with van der Waals surface area (Å²) in [4.78, 5) is 17.6. The first-order valence-corrected chi connectivity index (χ1v) is 7.26. The monoisotopic (exact) mass is 272 g/mol. The quantitative estimate of drug-likeness (QED) is 0.929. The van der Waals surface area contributed by atoms with Crippen LogP contribution in [-0.2, 0) is 4.79 Å². The Morgan fingerprint density at radius 2 is 2.05 bits per heavy atom. The Bertz CT molecular complexity index is 586. The minimum Gasteiger partial charge on any atom is -0.302 e. The second-order valence-corrected chi connectivity index (χ2v) is 6.21. The number of nitrogens with one attached hydrogen (secondary N) is 1.